The van der Waals surface area contributed by atoms with Crippen LogP contribution in [0.2, 0.25) is 0 Å². The highest BCUT2D eigenvalue weighted by molar-refractivity contribution is 7.99. The third kappa shape index (κ3) is 4.03. The van der Waals surface area contributed by atoms with E-state index in [0.29, 0.717) is 37.0 Å². The number of nitrogens with zero attached hydrogens (tertiary/aromatic N) is 7. The van der Waals surface area contributed by atoms with Gasteiger partial charge in [0.25, 0.3) is 5.69 Å². The van der Waals surface area contributed by atoms with E-state index >= 15 is 0 Å². The summed E-state index contributed by atoms with van der Waals surface area (Å²) in [6.45, 7) is 4.93. The van der Waals surface area contributed by atoms with Crippen molar-refractivity contribution in [3.05, 3.63) is 58.6 Å². The van der Waals surface area contributed by atoms with Crippen molar-refractivity contribution in [3.63, 3.8) is 0 Å². The first-order valence-corrected chi connectivity index (χ1v) is 12.1. The van der Waals surface area contributed by atoms with Crippen LogP contribution in [0.25, 0.3) is 22.1 Å². The van der Waals surface area contributed by atoms with Crippen LogP contribution in [-0.4, -0.2) is 67.4 Å². The van der Waals surface area contributed by atoms with Gasteiger partial charge in [0.2, 0.25) is 11.1 Å². The van der Waals surface area contributed by atoms with E-state index in [-0.39, 0.29) is 22.3 Å². The van der Waals surface area contributed by atoms with Gasteiger partial charge in [-0.25, -0.2) is 4.98 Å². The lowest BCUT2D eigenvalue weighted by Crippen LogP contribution is -2.49. The minimum Gasteiger partial charge on any atom is -0.362 e. The standard InChI is InChI=1S/C23H23N7O3S/c1-2-29-17-8-4-3-7-16(17)21-22(29)24-23(26-25-21)34-15-20(31)28-13-11-27(12-14-28)18-9-5-6-10-19(18)30(32)33/h3-10H,2,11-15H2,1H3. The van der Waals surface area contributed by atoms with E-state index in [9.17, 15) is 14.9 Å². The lowest BCUT2D eigenvalue weighted by atomic mass is 10.2. The van der Waals surface area contributed by atoms with Gasteiger partial charge in [-0.05, 0) is 19.1 Å². The average Bonchev–Trinajstić information content (AvgIpc) is 3.20. The summed E-state index contributed by atoms with van der Waals surface area (Å²) in [6, 6.07) is 14.7. The summed E-state index contributed by atoms with van der Waals surface area (Å²) < 4.78 is 2.10. The van der Waals surface area contributed by atoms with Crippen LogP contribution in [0, 0.1) is 10.1 Å². The fourth-order valence-electron chi connectivity index (χ4n) is 4.37. The molecule has 0 aliphatic carbocycles. The zero-order chi connectivity index (χ0) is 23.7. The van der Waals surface area contributed by atoms with Crippen LogP contribution >= 0.6 is 11.8 Å². The molecule has 174 valence electrons. The van der Waals surface area contributed by atoms with Crippen molar-refractivity contribution in [3.8, 4) is 0 Å². The summed E-state index contributed by atoms with van der Waals surface area (Å²) >= 11 is 1.28. The fraction of sp³-hybridized carbons (Fsp3) is 0.304. The number of nitro benzene ring substituents is 1. The minimum absolute atomic E-state index is 0.00746. The number of piperazine rings is 1. The predicted molar refractivity (Wildman–Crippen MR) is 131 cm³/mol. The highest BCUT2D eigenvalue weighted by atomic mass is 32.2. The third-order valence-corrected chi connectivity index (χ3v) is 6.87. The van der Waals surface area contributed by atoms with Crippen LogP contribution in [0.1, 0.15) is 6.92 Å². The number of anilines is 1. The molecule has 34 heavy (non-hydrogen) atoms. The molecule has 1 aliphatic heterocycles. The van der Waals surface area contributed by atoms with E-state index in [2.05, 4.69) is 26.7 Å². The molecular weight excluding hydrogens is 454 g/mol. The molecule has 1 amide bonds. The maximum absolute atomic E-state index is 12.8. The quantitative estimate of drug-likeness (QED) is 0.236. The zero-order valence-electron chi connectivity index (χ0n) is 18.6. The fourth-order valence-corrected chi connectivity index (χ4v) is 5.06. The first-order chi connectivity index (χ1) is 16.6. The lowest BCUT2D eigenvalue weighted by molar-refractivity contribution is -0.384. The molecule has 1 aliphatic rings. The predicted octanol–water partition coefficient (Wildman–Crippen LogP) is 3.35. The van der Waals surface area contributed by atoms with E-state index < -0.39 is 0 Å². The molecule has 4 aromatic rings. The van der Waals surface area contributed by atoms with E-state index in [1.807, 2.05) is 29.2 Å². The zero-order valence-corrected chi connectivity index (χ0v) is 19.4. The van der Waals surface area contributed by atoms with Gasteiger partial charge in [-0.15, -0.1) is 10.2 Å². The molecule has 2 aromatic heterocycles. The number of aryl methyl sites for hydroxylation is 1. The largest absolute Gasteiger partial charge is 0.362 e. The number of fused-ring (bicyclic) bond motifs is 3. The second kappa shape index (κ2) is 9.26. The molecule has 0 bridgehead atoms. The molecule has 1 saturated heterocycles. The van der Waals surface area contributed by atoms with Gasteiger partial charge in [-0.3, -0.25) is 14.9 Å². The smallest absolute Gasteiger partial charge is 0.292 e. The molecular formula is C23H23N7O3S. The first kappa shape index (κ1) is 22.1. The molecule has 1 fully saturated rings. The molecule has 0 saturated carbocycles. The van der Waals surface area contributed by atoms with Gasteiger partial charge in [-0.1, -0.05) is 42.1 Å². The number of nitro groups is 1. The van der Waals surface area contributed by atoms with Gasteiger partial charge in [0.15, 0.2) is 5.65 Å². The molecule has 0 spiro atoms. The van der Waals surface area contributed by atoms with E-state index in [0.717, 1.165) is 28.6 Å². The van der Waals surface area contributed by atoms with Crippen molar-refractivity contribution in [1.82, 2.24) is 24.6 Å². The Balaban J connectivity index is 1.24. The highest BCUT2D eigenvalue weighted by Gasteiger charge is 2.25. The number of thioether (sulfide) groups is 1. The normalized spacial score (nSPS) is 14.1. The van der Waals surface area contributed by atoms with E-state index in [4.69, 9.17) is 0 Å². The highest BCUT2D eigenvalue weighted by Crippen LogP contribution is 2.29. The SMILES string of the molecule is CCn1c2ccccc2c2nnc(SCC(=O)N3CCN(c4ccccc4[N+](=O)[O-])CC3)nc21. The summed E-state index contributed by atoms with van der Waals surface area (Å²) in [4.78, 5) is 32.2. The number of benzene rings is 2. The molecule has 0 atom stereocenters. The van der Waals surface area contributed by atoms with Gasteiger partial charge in [-0.2, -0.15) is 0 Å². The Hall–Kier alpha value is -3.73. The summed E-state index contributed by atoms with van der Waals surface area (Å²) in [5.41, 5.74) is 3.28. The van der Waals surface area contributed by atoms with Gasteiger partial charge < -0.3 is 14.4 Å². The topological polar surface area (TPSA) is 110 Å². The Morgan fingerprint density at radius 2 is 1.79 bits per heavy atom. The molecule has 0 N–H and O–H groups in total. The van der Waals surface area contributed by atoms with Crippen LogP contribution in [-0.2, 0) is 11.3 Å². The van der Waals surface area contributed by atoms with Crippen LogP contribution in [0.4, 0.5) is 11.4 Å². The third-order valence-electron chi connectivity index (χ3n) is 6.05. The maximum atomic E-state index is 12.8. The van der Waals surface area contributed by atoms with E-state index in [1.54, 1.807) is 23.1 Å². The number of para-hydroxylation sites is 3. The molecule has 2 aromatic carbocycles. The van der Waals surface area contributed by atoms with E-state index in [1.165, 1.54) is 17.8 Å². The summed E-state index contributed by atoms with van der Waals surface area (Å²) in [5.74, 6) is 0.206. The second-order valence-electron chi connectivity index (χ2n) is 7.93. The monoisotopic (exact) mass is 477 g/mol. The van der Waals surface area contributed by atoms with Gasteiger partial charge in [0, 0.05) is 44.2 Å². The summed E-state index contributed by atoms with van der Waals surface area (Å²) in [5, 5.41) is 21.4. The molecule has 3 heterocycles. The van der Waals surface area contributed by atoms with Crippen LogP contribution in [0.5, 0.6) is 0 Å². The Morgan fingerprint density at radius 1 is 1.06 bits per heavy atom. The van der Waals surface area contributed by atoms with Gasteiger partial charge in [0.1, 0.15) is 11.2 Å². The number of amides is 1. The van der Waals surface area contributed by atoms with Crippen molar-refractivity contribution >= 4 is 51.1 Å². The second-order valence-corrected chi connectivity index (χ2v) is 8.87. The van der Waals surface area contributed by atoms with Crippen molar-refractivity contribution in [2.24, 2.45) is 0 Å². The summed E-state index contributed by atoms with van der Waals surface area (Å²) in [7, 11) is 0. The van der Waals surface area contributed by atoms with Crippen LogP contribution in [0.3, 0.4) is 0 Å². The van der Waals surface area contributed by atoms with Crippen molar-refractivity contribution in [2.75, 3.05) is 36.8 Å². The number of carbonyl (C=O) groups is 1. The first-order valence-electron chi connectivity index (χ1n) is 11.1. The number of hydrogen-bond acceptors (Lipinski definition) is 8. The Labute approximate surface area is 199 Å². The Bertz CT molecular complexity index is 1380. The Morgan fingerprint density at radius 3 is 2.56 bits per heavy atom. The van der Waals surface area contributed by atoms with Crippen LogP contribution < -0.4 is 4.90 Å². The molecule has 0 unspecified atom stereocenters. The van der Waals surface area contributed by atoms with Crippen molar-refractivity contribution in [2.45, 2.75) is 18.6 Å². The molecule has 0 radical (unpaired) electrons. The minimum atomic E-state index is -0.369. The number of rotatable bonds is 6. The molecule has 5 rings (SSSR count). The Kier molecular flexibility index (Phi) is 6.01. The number of hydrogen-bond donors (Lipinski definition) is 0. The maximum Gasteiger partial charge on any atom is 0.292 e. The average molecular weight is 478 g/mol. The number of carbonyl (C=O) groups excluding carboxylic acids is 1. The molecule has 11 heteroatoms. The van der Waals surface area contributed by atoms with Gasteiger partial charge in [0.05, 0.1) is 16.2 Å². The lowest BCUT2D eigenvalue weighted by Gasteiger charge is -2.35. The van der Waals surface area contributed by atoms with Crippen LogP contribution in [0.15, 0.2) is 53.7 Å². The molecule has 10 nitrogen and oxygen atoms in total. The number of aromatic nitrogens is 4. The van der Waals surface area contributed by atoms with Crippen molar-refractivity contribution < 1.29 is 9.72 Å². The van der Waals surface area contributed by atoms with Crippen molar-refractivity contribution in [1.29, 1.82) is 0 Å². The summed E-state index contributed by atoms with van der Waals surface area (Å²) in [6.07, 6.45) is 0. The van der Waals surface area contributed by atoms with Gasteiger partial charge >= 0.3 is 0 Å².